The van der Waals surface area contributed by atoms with Crippen molar-refractivity contribution >= 4 is 64.6 Å². The summed E-state index contributed by atoms with van der Waals surface area (Å²) in [6, 6.07) is 12.8. The zero-order valence-electron chi connectivity index (χ0n) is 62.6. The van der Waals surface area contributed by atoms with Gasteiger partial charge in [0.05, 0.1) is 56.0 Å². The summed E-state index contributed by atoms with van der Waals surface area (Å²) < 4.78 is 96.7. The van der Waals surface area contributed by atoms with Crippen LogP contribution in [0.25, 0.3) is 0 Å². The smallest absolute Gasteiger partial charge is 0.319 e. The number of nitrogens with zero attached hydrogens (tertiary/aromatic N) is 3. The van der Waals surface area contributed by atoms with Crippen LogP contribution < -0.4 is 31.7 Å². The largest absolute Gasteiger partial charge is 0.420 e. The summed E-state index contributed by atoms with van der Waals surface area (Å²) in [5.74, 6) is -22.3. The maximum absolute atomic E-state index is 14.7. The van der Waals surface area contributed by atoms with Crippen molar-refractivity contribution in [3.05, 3.63) is 94.8 Å². The number of carbonyl (C=O) groups excluding carboxylic acids is 10. The average molecular weight is 1470 g/mol. The first kappa shape index (κ1) is 86.8. The Bertz CT molecular complexity index is 3340. The van der Waals surface area contributed by atoms with Crippen molar-refractivity contribution in [2.75, 3.05) is 67.0 Å². The molecule has 2 aliphatic heterocycles. The number of primary amides is 1. The van der Waals surface area contributed by atoms with E-state index < -0.39 is 150 Å². The molecular formula is C76H109F5N8O15. The molecule has 2 fully saturated rings. The van der Waals surface area contributed by atoms with Gasteiger partial charge in [0, 0.05) is 95.9 Å². The van der Waals surface area contributed by atoms with Gasteiger partial charge < -0.3 is 60.5 Å². The number of hydrogen-bond acceptors (Lipinski definition) is 16. The van der Waals surface area contributed by atoms with Crippen LogP contribution >= 0.6 is 0 Å². The number of Topliss-reactive ketones (excluding diaryl/α,β-unsaturated/α-hetero) is 3. The van der Waals surface area contributed by atoms with E-state index in [4.69, 9.17) is 24.7 Å². The molecule has 3 aromatic carbocycles. The Morgan fingerprint density at radius 2 is 1.30 bits per heavy atom. The Morgan fingerprint density at radius 1 is 0.683 bits per heavy atom. The monoisotopic (exact) mass is 1470 g/mol. The molecule has 11 atom stereocenters. The first-order chi connectivity index (χ1) is 49.1. The average Bonchev–Trinajstić information content (AvgIpc) is 1.04. The van der Waals surface area contributed by atoms with Gasteiger partial charge in [-0.25, -0.2) is 18.0 Å². The minimum absolute atomic E-state index is 0.00214. The fourth-order valence-corrected chi connectivity index (χ4v) is 13.9. The summed E-state index contributed by atoms with van der Waals surface area (Å²) in [6.45, 7) is 16.9. The van der Waals surface area contributed by atoms with Crippen LogP contribution in [0.2, 0.25) is 0 Å². The zero-order chi connectivity index (χ0) is 77.4. The highest BCUT2D eigenvalue weighted by molar-refractivity contribution is 5.97. The number of ether oxygens (including phenoxy) is 5. The van der Waals surface area contributed by atoms with Crippen molar-refractivity contribution in [2.24, 2.45) is 59.0 Å². The molecule has 0 bridgehead atoms. The quantitative estimate of drug-likeness (QED) is 0.00881. The zero-order valence-corrected chi connectivity index (χ0v) is 62.6. The third-order valence-corrected chi connectivity index (χ3v) is 19.9. The predicted molar refractivity (Wildman–Crippen MR) is 378 cm³/mol. The summed E-state index contributed by atoms with van der Waals surface area (Å²) >= 11 is 0. The molecule has 23 nitrogen and oxygen atoms in total. The van der Waals surface area contributed by atoms with Crippen LogP contribution in [0.3, 0.4) is 0 Å². The number of anilines is 1. The summed E-state index contributed by atoms with van der Waals surface area (Å²) in [4.78, 5) is 143. The van der Waals surface area contributed by atoms with Gasteiger partial charge in [0.1, 0.15) is 11.7 Å². The van der Waals surface area contributed by atoms with Gasteiger partial charge in [-0.3, -0.25) is 48.1 Å². The summed E-state index contributed by atoms with van der Waals surface area (Å²) in [5.41, 5.74) is 7.13. The van der Waals surface area contributed by atoms with E-state index in [0.29, 0.717) is 37.1 Å². The van der Waals surface area contributed by atoms with Crippen molar-refractivity contribution in [2.45, 2.75) is 195 Å². The van der Waals surface area contributed by atoms with Crippen molar-refractivity contribution in [1.29, 1.82) is 0 Å². The number of likely N-dealkylation sites (tertiary alicyclic amines) is 1. The van der Waals surface area contributed by atoms with E-state index in [9.17, 15) is 69.9 Å². The number of carbonyl (C=O) groups is 10. The molecule has 1 unspecified atom stereocenters. The van der Waals surface area contributed by atoms with Crippen molar-refractivity contribution in [3.63, 3.8) is 0 Å². The van der Waals surface area contributed by atoms with Crippen LogP contribution in [-0.4, -0.2) is 178 Å². The normalized spacial score (nSPS) is 18.3. The summed E-state index contributed by atoms with van der Waals surface area (Å²) in [6.07, 6.45) is -0.0994. The van der Waals surface area contributed by atoms with E-state index in [0.717, 1.165) is 5.56 Å². The predicted octanol–water partition coefficient (Wildman–Crippen LogP) is 9.42. The lowest BCUT2D eigenvalue weighted by atomic mass is 9.83. The second kappa shape index (κ2) is 41.8. The molecule has 7 amide bonds. The van der Waals surface area contributed by atoms with Crippen molar-refractivity contribution in [3.8, 4) is 5.75 Å². The molecule has 2 aliphatic rings. The number of hydrogen-bond donors (Lipinski definition) is 5. The van der Waals surface area contributed by atoms with Gasteiger partial charge in [0.25, 0.3) is 0 Å². The standard InChI is InChI=1S/C76H109F5N8O15/c1-15-45(8)69(88(12)74(97)53(42(2)3)37-57(92)68(44(6)7)87(10)11)58(100-13)38-60(94)89-33-21-25-54(89)70(101-14)46(9)55(90)36-50(34-47-22-17-16-18-23-47)72(95)84-39-48-28-30-52(31-29-48)85-73(96)49(24-20-32-83-76(82)99)35-56(91)67(43(4)5)86-59(93)26-19-27-61-102-40-51(41-103-61)75(98)104-71-65(80)63(78)62(77)64(79)66(71)81/h16-18,22-23,28-31,42-46,49-51,53-54,58,61,67-70H,15,19-21,24-27,32-41H2,1-14H3,(H,84,95)(H,85,96)(H,86,93)(H3,82,83,99)/t45-,46-,49+,50+,51?,53-,54?,58+,61?,67-,68-,69-,70+/m0/s1. The highest BCUT2D eigenvalue weighted by Crippen LogP contribution is 2.34. The second-order valence-corrected chi connectivity index (χ2v) is 28.8. The van der Waals surface area contributed by atoms with Crippen LogP contribution in [0.4, 0.5) is 32.4 Å². The molecular weight excluding hydrogens is 1360 g/mol. The lowest BCUT2D eigenvalue weighted by Gasteiger charge is -2.41. The van der Waals surface area contributed by atoms with E-state index in [1.54, 1.807) is 61.9 Å². The Kier molecular flexibility index (Phi) is 34.9. The van der Waals surface area contributed by atoms with Crippen LogP contribution in [0.15, 0.2) is 54.6 Å². The molecule has 0 saturated carbocycles. The number of nitrogens with two attached hydrogens (primary N) is 1. The first-order valence-corrected chi connectivity index (χ1v) is 36.0. The molecule has 0 spiro atoms. The molecule has 6 N–H and O–H groups in total. The molecule has 0 radical (unpaired) electrons. The second-order valence-electron chi connectivity index (χ2n) is 28.8. The minimum atomic E-state index is -2.42. The van der Waals surface area contributed by atoms with Crippen LogP contribution in [0, 0.1) is 82.3 Å². The summed E-state index contributed by atoms with van der Waals surface area (Å²) in [7, 11) is 8.52. The van der Waals surface area contributed by atoms with Gasteiger partial charge >= 0.3 is 12.0 Å². The van der Waals surface area contributed by atoms with Gasteiger partial charge in [-0.1, -0.05) is 111 Å². The Balaban J connectivity index is 1.19. The fraction of sp³-hybridized carbons (Fsp3) is 0.632. The lowest BCUT2D eigenvalue weighted by molar-refractivity contribution is -0.208. The lowest BCUT2D eigenvalue weighted by Crippen LogP contribution is -2.54. The third-order valence-electron chi connectivity index (χ3n) is 19.9. The Labute approximate surface area is 608 Å². The molecule has 0 aliphatic carbocycles. The van der Waals surface area contributed by atoms with Crippen LogP contribution in [0.5, 0.6) is 5.75 Å². The molecule has 2 saturated heterocycles. The number of rotatable bonds is 42. The maximum Gasteiger partial charge on any atom is 0.319 e. The number of urea groups is 1. The Morgan fingerprint density at radius 3 is 1.86 bits per heavy atom. The minimum Gasteiger partial charge on any atom is -0.420 e. The van der Waals surface area contributed by atoms with Gasteiger partial charge in [-0.15, -0.1) is 0 Å². The van der Waals surface area contributed by atoms with Gasteiger partial charge in [-0.2, -0.15) is 8.78 Å². The maximum atomic E-state index is 14.7. The number of halogens is 5. The van der Waals surface area contributed by atoms with E-state index >= 15 is 0 Å². The van der Waals surface area contributed by atoms with E-state index in [-0.39, 0.29) is 130 Å². The molecule has 2 heterocycles. The fourth-order valence-electron chi connectivity index (χ4n) is 13.9. The molecule has 3 aromatic rings. The number of benzene rings is 3. The number of ketones is 3. The van der Waals surface area contributed by atoms with Crippen molar-refractivity contribution in [1.82, 2.24) is 30.7 Å². The van der Waals surface area contributed by atoms with E-state index in [1.807, 2.05) is 90.9 Å². The topological polar surface area (TPSA) is 301 Å². The third kappa shape index (κ3) is 24.7. The molecule has 5 rings (SSSR count). The van der Waals surface area contributed by atoms with Crippen LogP contribution in [-0.2, 0) is 75.1 Å². The molecule has 104 heavy (non-hydrogen) atoms. The number of esters is 1. The van der Waals surface area contributed by atoms with E-state index in [1.165, 1.54) is 14.2 Å². The first-order valence-electron chi connectivity index (χ1n) is 36.0. The molecule has 578 valence electrons. The highest BCUT2D eigenvalue weighted by atomic mass is 19.2. The summed E-state index contributed by atoms with van der Waals surface area (Å²) in [5, 5.41) is 11.1. The molecule has 0 aromatic heterocycles. The van der Waals surface area contributed by atoms with Gasteiger partial charge in [0.2, 0.25) is 64.4 Å². The van der Waals surface area contributed by atoms with Gasteiger partial charge in [0.15, 0.2) is 17.9 Å². The molecule has 28 heteroatoms. The number of likely N-dealkylation sites (N-methyl/N-ethyl adjacent to an activating group) is 2. The van der Waals surface area contributed by atoms with Crippen LogP contribution in [0.1, 0.15) is 150 Å². The number of methoxy groups -OCH3 is 2. The van der Waals surface area contributed by atoms with Crippen molar-refractivity contribution < 1.29 is 93.6 Å². The number of amides is 7. The van der Waals surface area contributed by atoms with E-state index in [2.05, 4.69) is 26.0 Å². The highest BCUT2D eigenvalue weighted by Gasteiger charge is 2.44. The Hall–Kier alpha value is -7.79. The number of nitrogens with one attached hydrogen (secondary N) is 4. The SMILES string of the molecule is CC[C@H](C)[C@@H]([C@@H](CC(=O)N1CCCC1[C@H](OC)[C@@H](C)C(=O)C[C@@H](Cc1ccccc1)C(=O)NCc1ccc(NC(=O)[C@H](CCCNC(N)=O)CC(=O)[C@@H](NC(=O)CCCC2OCC(C(=O)Oc3c(F)c(F)c(F)c(F)c3F)CO2)C(C)C)cc1)OC)N(C)C(=O)[C@@H](CC(=O)[C@H](C(C)C)N(C)C)C(C)C. The van der Waals surface area contributed by atoms with Gasteiger partial charge in [-0.05, 0) is 106 Å².